The van der Waals surface area contributed by atoms with Crippen molar-refractivity contribution >= 4 is 24.2 Å². The number of nitrogens with two attached hydrogens (primary N) is 1. The highest BCUT2D eigenvalue weighted by Crippen LogP contribution is 2.40. The van der Waals surface area contributed by atoms with Crippen LogP contribution in [-0.4, -0.2) is 52.8 Å². The second kappa shape index (κ2) is 7.20. The molecule has 2 amide bonds. The zero-order valence-electron chi connectivity index (χ0n) is 15.3. The second-order valence-corrected chi connectivity index (χ2v) is 8.08. The van der Waals surface area contributed by atoms with Gasteiger partial charge >= 0.3 is 0 Å². The first-order valence-electron chi connectivity index (χ1n) is 9.42. The van der Waals surface area contributed by atoms with Gasteiger partial charge in [-0.3, -0.25) is 9.59 Å². The van der Waals surface area contributed by atoms with Crippen LogP contribution in [0, 0.1) is 11.8 Å². The third-order valence-corrected chi connectivity index (χ3v) is 6.57. The van der Waals surface area contributed by atoms with Gasteiger partial charge in [0, 0.05) is 31.2 Å². The van der Waals surface area contributed by atoms with Crippen LogP contribution in [0.4, 0.5) is 0 Å². The Morgan fingerprint density at radius 2 is 1.88 bits per heavy atom. The number of hydrogen-bond acceptors (Lipinski definition) is 3. The van der Waals surface area contributed by atoms with Gasteiger partial charge in [-0.25, -0.2) is 0 Å². The highest BCUT2D eigenvalue weighted by molar-refractivity contribution is 5.99. The fraction of sp³-hybridized carbons (Fsp3) is 0.600. The van der Waals surface area contributed by atoms with Crippen molar-refractivity contribution in [2.24, 2.45) is 17.6 Å². The van der Waals surface area contributed by atoms with Crippen LogP contribution in [0.5, 0.6) is 0 Å². The maximum atomic E-state index is 13.3. The summed E-state index contributed by atoms with van der Waals surface area (Å²) in [5.74, 6) is 1.05. The smallest absolute Gasteiger partial charge is 0.254 e. The highest BCUT2D eigenvalue weighted by Gasteiger charge is 2.51. The van der Waals surface area contributed by atoms with Gasteiger partial charge in [-0.05, 0) is 56.6 Å². The van der Waals surface area contributed by atoms with Gasteiger partial charge in [0.2, 0.25) is 5.91 Å². The van der Waals surface area contributed by atoms with E-state index in [1.54, 1.807) is 4.90 Å². The molecule has 26 heavy (non-hydrogen) atoms. The summed E-state index contributed by atoms with van der Waals surface area (Å²) in [5, 5.41) is 0. The summed E-state index contributed by atoms with van der Waals surface area (Å²) in [6, 6.07) is 9.51. The van der Waals surface area contributed by atoms with E-state index < -0.39 is 5.54 Å². The standard InChI is InChI=1S/C20H27N3O2.ClH/c1-20(19(25)22-12-15-8-9-17(21)16(15)13-22)10-5-11-23(20)18(24)14-6-3-2-4-7-14;/h2-4,6-7,15-17H,5,8-13,21H2,1H3;1H. The molecule has 0 bridgehead atoms. The molecule has 4 unspecified atom stereocenters. The lowest BCUT2D eigenvalue weighted by Crippen LogP contribution is -2.56. The third kappa shape index (κ3) is 3.01. The summed E-state index contributed by atoms with van der Waals surface area (Å²) < 4.78 is 0. The van der Waals surface area contributed by atoms with Crippen molar-refractivity contribution in [3.05, 3.63) is 35.9 Å². The zero-order valence-corrected chi connectivity index (χ0v) is 16.1. The van der Waals surface area contributed by atoms with Gasteiger partial charge in [0.15, 0.2) is 0 Å². The summed E-state index contributed by atoms with van der Waals surface area (Å²) in [4.78, 5) is 30.1. The van der Waals surface area contributed by atoms with Crippen LogP contribution in [0.25, 0.3) is 0 Å². The molecule has 2 aliphatic heterocycles. The number of carbonyl (C=O) groups is 2. The summed E-state index contributed by atoms with van der Waals surface area (Å²) in [7, 11) is 0. The molecular weight excluding hydrogens is 350 g/mol. The van der Waals surface area contributed by atoms with E-state index in [-0.39, 0.29) is 30.3 Å². The largest absolute Gasteiger partial charge is 0.340 e. The van der Waals surface area contributed by atoms with Crippen molar-refractivity contribution in [2.45, 2.75) is 44.2 Å². The Bertz CT molecular complexity index is 683. The maximum Gasteiger partial charge on any atom is 0.254 e. The Kier molecular flexibility index (Phi) is 5.31. The second-order valence-electron chi connectivity index (χ2n) is 8.08. The van der Waals surface area contributed by atoms with E-state index in [9.17, 15) is 9.59 Å². The zero-order chi connectivity index (χ0) is 17.6. The summed E-state index contributed by atoms with van der Waals surface area (Å²) in [5.41, 5.74) is 6.15. The van der Waals surface area contributed by atoms with E-state index in [1.165, 1.54) is 0 Å². The van der Waals surface area contributed by atoms with Crippen molar-refractivity contribution in [2.75, 3.05) is 19.6 Å². The molecule has 142 valence electrons. The van der Waals surface area contributed by atoms with E-state index in [0.717, 1.165) is 38.8 Å². The van der Waals surface area contributed by atoms with Crippen molar-refractivity contribution in [1.82, 2.24) is 9.80 Å². The number of amides is 2. The van der Waals surface area contributed by atoms with Crippen LogP contribution in [0.1, 0.15) is 43.0 Å². The van der Waals surface area contributed by atoms with Crippen LogP contribution in [0.2, 0.25) is 0 Å². The highest BCUT2D eigenvalue weighted by atomic mass is 35.5. The lowest BCUT2D eigenvalue weighted by molar-refractivity contribution is -0.140. The van der Waals surface area contributed by atoms with Crippen molar-refractivity contribution in [3.63, 3.8) is 0 Å². The van der Waals surface area contributed by atoms with E-state index in [4.69, 9.17) is 5.73 Å². The first kappa shape index (κ1) is 19.2. The number of hydrogen-bond donors (Lipinski definition) is 1. The molecule has 4 rings (SSSR count). The number of nitrogens with zero attached hydrogens (tertiary/aromatic N) is 2. The lowest BCUT2D eigenvalue weighted by atomic mass is 9.96. The molecule has 5 nitrogen and oxygen atoms in total. The quantitative estimate of drug-likeness (QED) is 0.859. The summed E-state index contributed by atoms with van der Waals surface area (Å²) in [6.45, 7) is 4.15. The predicted octanol–water partition coefficient (Wildman–Crippen LogP) is 2.30. The Morgan fingerprint density at radius 1 is 1.15 bits per heavy atom. The SMILES string of the molecule is CC1(C(=O)N2CC3CCC(N)C3C2)CCCN1C(=O)c1ccccc1.Cl. The topological polar surface area (TPSA) is 66.6 Å². The molecule has 0 spiro atoms. The molecular formula is C20H28ClN3O2. The molecule has 1 saturated carbocycles. The summed E-state index contributed by atoms with van der Waals surface area (Å²) in [6.07, 6.45) is 3.82. The number of carbonyl (C=O) groups excluding carboxylic acids is 2. The Morgan fingerprint density at radius 3 is 2.58 bits per heavy atom. The number of halogens is 1. The summed E-state index contributed by atoms with van der Waals surface area (Å²) >= 11 is 0. The number of benzene rings is 1. The van der Waals surface area contributed by atoms with Gasteiger partial charge in [-0.1, -0.05) is 18.2 Å². The fourth-order valence-electron chi connectivity index (χ4n) is 5.06. The van der Waals surface area contributed by atoms with Crippen molar-refractivity contribution < 1.29 is 9.59 Å². The van der Waals surface area contributed by atoms with Crippen LogP contribution in [-0.2, 0) is 4.79 Å². The molecule has 3 aliphatic rings. The molecule has 1 aromatic carbocycles. The first-order valence-corrected chi connectivity index (χ1v) is 9.42. The number of likely N-dealkylation sites (tertiary alicyclic amines) is 2. The van der Waals surface area contributed by atoms with E-state index in [2.05, 4.69) is 0 Å². The Labute approximate surface area is 161 Å². The monoisotopic (exact) mass is 377 g/mol. The van der Waals surface area contributed by atoms with Gasteiger partial charge < -0.3 is 15.5 Å². The van der Waals surface area contributed by atoms with Crippen molar-refractivity contribution in [3.8, 4) is 0 Å². The molecule has 2 saturated heterocycles. The molecule has 4 atom stereocenters. The average molecular weight is 378 g/mol. The molecule has 1 aromatic rings. The molecule has 6 heteroatoms. The minimum absolute atomic E-state index is 0. The molecule has 3 fully saturated rings. The maximum absolute atomic E-state index is 13.3. The van der Waals surface area contributed by atoms with Gasteiger partial charge in [-0.2, -0.15) is 0 Å². The normalized spacial score (nSPS) is 33.1. The van der Waals surface area contributed by atoms with E-state index in [0.29, 0.717) is 23.9 Å². The molecule has 1 aliphatic carbocycles. The molecule has 0 radical (unpaired) electrons. The third-order valence-electron chi connectivity index (χ3n) is 6.57. The molecule has 0 aromatic heterocycles. The van der Waals surface area contributed by atoms with Gasteiger partial charge in [-0.15, -0.1) is 12.4 Å². The Balaban J connectivity index is 0.00000196. The van der Waals surface area contributed by atoms with Crippen LogP contribution in [0.15, 0.2) is 30.3 Å². The van der Waals surface area contributed by atoms with Gasteiger partial charge in [0.25, 0.3) is 5.91 Å². The lowest BCUT2D eigenvalue weighted by Gasteiger charge is -2.37. The number of fused-ring (bicyclic) bond motifs is 1. The molecule has 2 heterocycles. The first-order chi connectivity index (χ1) is 12.0. The van der Waals surface area contributed by atoms with Gasteiger partial charge in [0.05, 0.1) is 0 Å². The fourth-order valence-corrected chi connectivity index (χ4v) is 5.06. The minimum atomic E-state index is -0.727. The Hall–Kier alpha value is -1.59. The number of rotatable bonds is 2. The minimum Gasteiger partial charge on any atom is -0.340 e. The van der Waals surface area contributed by atoms with Crippen LogP contribution < -0.4 is 5.73 Å². The van der Waals surface area contributed by atoms with Crippen molar-refractivity contribution in [1.29, 1.82) is 0 Å². The predicted molar refractivity (Wildman–Crippen MR) is 103 cm³/mol. The van der Waals surface area contributed by atoms with E-state index in [1.807, 2.05) is 42.2 Å². The van der Waals surface area contributed by atoms with Crippen LogP contribution >= 0.6 is 12.4 Å². The average Bonchev–Trinajstić information content (AvgIpc) is 3.31. The van der Waals surface area contributed by atoms with Gasteiger partial charge in [0.1, 0.15) is 5.54 Å². The van der Waals surface area contributed by atoms with E-state index >= 15 is 0 Å². The van der Waals surface area contributed by atoms with Crippen LogP contribution in [0.3, 0.4) is 0 Å². The molecule has 2 N–H and O–H groups in total.